The summed E-state index contributed by atoms with van der Waals surface area (Å²) >= 11 is 12.0. The summed E-state index contributed by atoms with van der Waals surface area (Å²) in [5.41, 5.74) is 3.03. The highest BCUT2D eigenvalue weighted by atomic mass is 35.5. The van der Waals surface area contributed by atoms with Gasteiger partial charge in [-0.2, -0.15) is 0 Å². The third kappa shape index (κ3) is 4.04. The Balaban J connectivity index is 1.60. The van der Waals surface area contributed by atoms with Crippen molar-refractivity contribution in [3.05, 3.63) is 98.1 Å². The summed E-state index contributed by atoms with van der Waals surface area (Å²) < 4.78 is 5.88. The zero-order valence-electron chi connectivity index (χ0n) is 15.3. The number of hydrogen-bond acceptors (Lipinski definition) is 3. The molecular weight excluding hydrogens is 409 g/mol. The second kappa shape index (κ2) is 7.74. The normalized spacial score (nSPS) is 10.9. The molecule has 3 aromatic carbocycles. The molecule has 0 spiro atoms. The van der Waals surface area contributed by atoms with Gasteiger partial charge in [0.25, 0.3) is 5.91 Å². The lowest BCUT2D eigenvalue weighted by Crippen LogP contribution is -2.12. The second-order valence-electron chi connectivity index (χ2n) is 6.63. The minimum absolute atomic E-state index is 0.107. The van der Waals surface area contributed by atoms with E-state index in [0.29, 0.717) is 43.6 Å². The van der Waals surface area contributed by atoms with Crippen molar-refractivity contribution in [2.24, 2.45) is 0 Å². The molecule has 0 radical (unpaired) electrons. The van der Waals surface area contributed by atoms with Gasteiger partial charge < -0.3 is 9.73 Å². The second-order valence-corrected chi connectivity index (χ2v) is 7.47. The first-order valence-corrected chi connectivity index (χ1v) is 9.58. The molecule has 0 bridgehead atoms. The standard InChI is InChI=1S/C23H15Cl2NO3/c1-13-2-9-21-17(10-13)20(27)12-22(29-21)14-3-5-15(6-4-14)23(28)26-19-8-7-16(24)11-18(19)25/h2-12H,1H3,(H,26,28). The fraction of sp³-hybridized carbons (Fsp3) is 0.0435. The van der Waals surface area contributed by atoms with Crippen LogP contribution in [-0.2, 0) is 0 Å². The summed E-state index contributed by atoms with van der Waals surface area (Å²) in [6.07, 6.45) is 0. The molecule has 1 N–H and O–H groups in total. The van der Waals surface area contributed by atoms with Crippen LogP contribution in [0.4, 0.5) is 5.69 Å². The average molecular weight is 424 g/mol. The van der Waals surface area contributed by atoms with Crippen LogP contribution in [0.1, 0.15) is 15.9 Å². The number of carbonyl (C=O) groups is 1. The van der Waals surface area contributed by atoms with E-state index in [0.717, 1.165) is 5.56 Å². The smallest absolute Gasteiger partial charge is 0.255 e. The molecule has 0 atom stereocenters. The number of aryl methyl sites for hydroxylation is 1. The number of nitrogens with one attached hydrogen (secondary N) is 1. The fourth-order valence-electron chi connectivity index (χ4n) is 2.98. The predicted octanol–water partition coefficient (Wildman–Crippen LogP) is 6.33. The van der Waals surface area contributed by atoms with Gasteiger partial charge in [0.15, 0.2) is 5.43 Å². The molecular formula is C23H15Cl2NO3. The molecule has 1 aromatic heterocycles. The van der Waals surface area contributed by atoms with Crippen LogP contribution in [0.3, 0.4) is 0 Å². The van der Waals surface area contributed by atoms with Gasteiger partial charge in [-0.3, -0.25) is 9.59 Å². The van der Waals surface area contributed by atoms with E-state index in [4.69, 9.17) is 27.6 Å². The lowest BCUT2D eigenvalue weighted by molar-refractivity contribution is 0.102. The molecule has 0 unspecified atom stereocenters. The van der Waals surface area contributed by atoms with Crippen molar-refractivity contribution in [3.8, 4) is 11.3 Å². The molecule has 0 saturated carbocycles. The highest BCUT2D eigenvalue weighted by molar-refractivity contribution is 6.36. The van der Waals surface area contributed by atoms with Crippen LogP contribution >= 0.6 is 23.2 Å². The first kappa shape index (κ1) is 19.2. The molecule has 144 valence electrons. The van der Waals surface area contributed by atoms with E-state index in [-0.39, 0.29) is 11.3 Å². The van der Waals surface area contributed by atoms with Crippen molar-refractivity contribution < 1.29 is 9.21 Å². The maximum absolute atomic E-state index is 12.5. The molecule has 0 aliphatic carbocycles. The van der Waals surface area contributed by atoms with E-state index >= 15 is 0 Å². The summed E-state index contributed by atoms with van der Waals surface area (Å²) in [7, 11) is 0. The number of benzene rings is 3. The van der Waals surface area contributed by atoms with Crippen LogP contribution < -0.4 is 10.7 Å². The molecule has 1 amide bonds. The quantitative estimate of drug-likeness (QED) is 0.418. The Bertz CT molecular complexity index is 1290. The van der Waals surface area contributed by atoms with Crippen molar-refractivity contribution in [1.82, 2.24) is 0 Å². The maximum atomic E-state index is 12.5. The summed E-state index contributed by atoms with van der Waals surface area (Å²) in [6.45, 7) is 1.92. The molecule has 4 nitrogen and oxygen atoms in total. The first-order chi connectivity index (χ1) is 13.9. The van der Waals surface area contributed by atoms with Crippen molar-refractivity contribution in [1.29, 1.82) is 0 Å². The van der Waals surface area contributed by atoms with Crippen LogP contribution in [0.25, 0.3) is 22.3 Å². The highest BCUT2D eigenvalue weighted by Crippen LogP contribution is 2.27. The summed E-state index contributed by atoms with van der Waals surface area (Å²) in [4.78, 5) is 24.9. The number of fused-ring (bicyclic) bond motifs is 1. The lowest BCUT2D eigenvalue weighted by atomic mass is 10.1. The maximum Gasteiger partial charge on any atom is 0.255 e. The number of amides is 1. The highest BCUT2D eigenvalue weighted by Gasteiger charge is 2.11. The van der Waals surface area contributed by atoms with Crippen LogP contribution in [0, 0.1) is 6.92 Å². The van der Waals surface area contributed by atoms with Gasteiger partial charge in [-0.05, 0) is 49.4 Å². The Morgan fingerprint density at radius 1 is 0.931 bits per heavy atom. The molecule has 0 aliphatic rings. The molecule has 4 aromatic rings. The SMILES string of the molecule is Cc1ccc2oc(-c3ccc(C(=O)Nc4ccc(Cl)cc4Cl)cc3)cc(=O)c2c1. The molecule has 6 heteroatoms. The van der Waals surface area contributed by atoms with E-state index in [1.54, 1.807) is 54.6 Å². The summed E-state index contributed by atoms with van der Waals surface area (Å²) in [5, 5.41) is 4.14. The number of anilines is 1. The molecule has 0 aliphatic heterocycles. The number of halogens is 2. The Morgan fingerprint density at radius 2 is 1.69 bits per heavy atom. The van der Waals surface area contributed by atoms with Crippen molar-refractivity contribution in [2.45, 2.75) is 6.92 Å². The van der Waals surface area contributed by atoms with Gasteiger partial charge in [-0.1, -0.05) is 47.0 Å². The van der Waals surface area contributed by atoms with Gasteiger partial charge in [0.1, 0.15) is 11.3 Å². The Hall–Kier alpha value is -3.08. The Morgan fingerprint density at radius 3 is 2.41 bits per heavy atom. The summed E-state index contributed by atoms with van der Waals surface area (Å²) in [6, 6.07) is 18.6. The predicted molar refractivity (Wildman–Crippen MR) is 117 cm³/mol. The van der Waals surface area contributed by atoms with Crippen LogP contribution in [0.5, 0.6) is 0 Å². The lowest BCUT2D eigenvalue weighted by Gasteiger charge is -2.08. The zero-order chi connectivity index (χ0) is 20.5. The molecule has 29 heavy (non-hydrogen) atoms. The monoisotopic (exact) mass is 423 g/mol. The molecule has 1 heterocycles. The van der Waals surface area contributed by atoms with Gasteiger partial charge in [0.2, 0.25) is 0 Å². The van der Waals surface area contributed by atoms with E-state index in [1.165, 1.54) is 6.07 Å². The van der Waals surface area contributed by atoms with Gasteiger partial charge in [-0.15, -0.1) is 0 Å². The minimum Gasteiger partial charge on any atom is -0.456 e. The Labute approximate surface area is 176 Å². The van der Waals surface area contributed by atoms with Gasteiger partial charge in [0, 0.05) is 22.2 Å². The number of rotatable bonds is 3. The molecule has 0 fully saturated rings. The number of hydrogen-bond donors (Lipinski definition) is 1. The van der Waals surface area contributed by atoms with E-state index in [1.807, 2.05) is 13.0 Å². The van der Waals surface area contributed by atoms with Crippen molar-refractivity contribution in [3.63, 3.8) is 0 Å². The van der Waals surface area contributed by atoms with Gasteiger partial charge >= 0.3 is 0 Å². The van der Waals surface area contributed by atoms with E-state index in [9.17, 15) is 9.59 Å². The number of carbonyl (C=O) groups excluding carboxylic acids is 1. The summed E-state index contributed by atoms with van der Waals surface area (Å²) in [5.74, 6) is 0.135. The average Bonchev–Trinajstić information content (AvgIpc) is 2.70. The fourth-order valence-corrected chi connectivity index (χ4v) is 3.44. The minimum atomic E-state index is -0.309. The first-order valence-electron chi connectivity index (χ1n) is 8.82. The van der Waals surface area contributed by atoms with Crippen LogP contribution in [0.15, 0.2) is 75.9 Å². The third-order valence-corrected chi connectivity index (χ3v) is 5.04. The largest absolute Gasteiger partial charge is 0.456 e. The van der Waals surface area contributed by atoms with E-state index in [2.05, 4.69) is 5.32 Å². The molecule has 0 saturated heterocycles. The third-order valence-electron chi connectivity index (χ3n) is 4.49. The van der Waals surface area contributed by atoms with Crippen molar-refractivity contribution >= 4 is 45.8 Å². The zero-order valence-corrected chi connectivity index (χ0v) is 16.8. The van der Waals surface area contributed by atoms with Crippen LogP contribution in [-0.4, -0.2) is 5.91 Å². The Kier molecular flexibility index (Phi) is 5.14. The topological polar surface area (TPSA) is 59.3 Å². The van der Waals surface area contributed by atoms with Crippen LogP contribution in [0.2, 0.25) is 10.0 Å². The van der Waals surface area contributed by atoms with E-state index < -0.39 is 0 Å². The van der Waals surface area contributed by atoms with Gasteiger partial charge in [0.05, 0.1) is 16.1 Å². The molecule has 4 rings (SSSR count). The van der Waals surface area contributed by atoms with Crippen molar-refractivity contribution in [2.75, 3.05) is 5.32 Å². The van der Waals surface area contributed by atoms with Gasteiger partial charge in [-0.25, -0.2) is 0 Å².